The molecule has 2 N–H and O–H groups in total. The molecule has 0 aliphatic rings. The monoisotopic (exact) mass is 494 g/mol. The van der Waals surface area contributed by atoms with Crippen molar-refractivity contribution in [2.24, 2.45) is 0 Å². The number of carbonyl (C=O) groups excluding carboxylic acids is 3. The molecule has 0 fully saturated rings. The fraction of sp³-hybridized carbons (Fsp3) is 0.192. The van der Waals surface area contributed by atoms with Gasteiger partial charge in [-0.1, -0.05) is 18.2 Å². The van der Waals surface area contributed by atoms with Crippen LogP contribution in [0.5, 0.6) is 0 Å². The third-order valence-electron chi connectivity index (χ3n) is 5.20. The van der Waals surface area contributed by atoms with Crippen LogP contribution in [0.15, 0.2) is 71.6 Å². The quantitative estimate of drug-likeness (QED) is 0.352. The Hall–Kier alpha value is -3.98. The minimum Gasteiger partial charge on any atom is -0.449 e. The number of sulfonamides is 1. The van der Waals surface area contributed by atoms with Crippen LogP contribution in [0.3, 0.4) is 0 Å². The fourth-order valence-electron chi connectivity index (χ4n) is 3.25. The van der Waals surface area contributed by atoms with Gasteiger partial charge in [-0.2, -0.15) is 0 Å². The summed E-state index contributed by atoms with van der Waals surface area (Å²) in [6, 6.07) is 17.4. The summed E-state index contributed by atoms with van der Waals surface area (Å²) in [6.07, 6.45) is -1.15. The van der Waals surface area contributed by atoms with Gasteiger partial charge in [0.15, 0.2) is 11.9 Å². The number of Topliss-reactive ketones (excluding diaryl/α,β-unsaturated/α-hetero) is 1. The van der Waals surface area contributed by atoms with Gasteiger partial charge in [0.25, 0.3) is 15.9 Å². The molecular formula is C26H26N2O6S. The molecule has 0 aliphatic carbocycles. The second-order valence-electron chi connectivity index (χ2n) is 8.13. The first-order valence-electron chi connectivity index (χ1n) is 10.8. The van der Waals surface area contributed by atoms with Crippen LogP contribution in [0.2, 0.25) is 0 Å². The molecule has 35 heavy (non-hydrogen) atoms. The number of ether oxygens (including phenoxy) is 1. The van der Waals surface area contributed by atoms with Crippen LogP contribution >= 0.6 is 0 Å². The number of carbonyl (C=O) groups is 3. The zero-order chi connectivity index (χ0) is 25.8. The van der Waals surface area contributed by atoms with Crippen molar-refractivity contribution in [2.75, 3.05) is 10.0 Å². The van der Waals surface area contributed by atoms with Crippen LogP contribution in [-0.4, -0.2) is 32.2 Å². The number of aryl methyl sites for hydroxylation is 2. The van der Waals surface area contributed by atoms with E-state index >= 15 is 0 Å². The van der Waals surface area contributed by atoms with Crippen LogP contribution in [0, 0.1) is 13.8 Å². The number of benzene rings is 3. The standard InChI is InChI=1S/C26H26N2O6S/c1-16-6-5-7-23(14-16)28-35(32,33)24-15-21(9-8-17(24)2)26(31)34-19(4)25(30)27-22-12-10-20(11-13-22)18(3)29/h5-15,19,28H,1-4H3,(H,27,30). The lowest BCUT2D eigenvalue weighted by atomic mass is 10.1. The SMILES string of the molecule is CC(=O)c1ccc(NC(=O)C(C)OC(=O)c2ccc(C)c(S(=O)(=O)Nc3cccc(C)c3)c2)cc1. The first-order valence-corrected chi connectivity index (χ1v) is 12.3. The predicted octanol–water partition coefficient (Wildman–Crippen LogP) is 4.49. The van der Waals surface area contributed by atoms with Gasteiger partial charge in [-0.3, -0.25) is 14.3 Å². The molecule has 0 aromatic heterocycles. The Labute approximate surface area is 204 Å². The molecule has 0 radical (unpaired) electrons. The molecule has 1 unspecified atom stereocenters. The smallest absolute Gasteiger partial charge is 0.338 e. The van der Waals surface area contributed by atoms with E-state index in [-0.39, 0.29) is 16.2 Å². The number of nitrogens with one attached hydrogen (secondary N) is 2. The van der Waals surface area contributed by atoms with Crippen molar-refractivity contribution >= 4 is 39.1 Å². The maximum absolute atomic E-state index is 13.0. The molecule has 0 saturated heterocycles. The third-order valence-corrected chi connectivity index (χ3v) is 6.72. The number of esters is 1. The summed E-state index contributed by atoms with van der Waals surface area (Å²) in [7, 11) is -3.97. The van der Waals surface area contributed by atoms with E-state index in [2.05, 4.69) is 10.0 Å². The van der Waals surface area contributed by atoms with Crippen molar-refractivity contribution in [1.82, 2.24) is 0 Å². The van der Waals surface area contributed by atoms with Crippen LogP contribution in [0.25, 0.3) is 0 Å². The molecule has 0 saturated carbocycles. The molecule has 3 rings (SSSR count). The Bertz CT molecular complexity index is 1380. The van der Waals surface area contributed by atoms with E-state index in [1.807, 2.05) is 13.0 Å². The van der Waals surface area contributed by atoms with Crippen molar-refractivity contribution in [3.05, 3.63) is 89.0 Å². The van der Waals surface area contributed by atoms with Gasteiger partial charge >= 0.3 is 5.97 Å². The van der Waals surface area contributed by atoms with Crippen molar-refractivity contribution in [3.8, 4) is 0 Å². The van der Waals surface area contributed by atoms with Crippen LogP contribution in [0.4, 0.5) is 11.4 Å². The Balaban J connectivity index is 1.71. The minimum absolute atomic E-state index is 0.00863. The maximum Gasteiger partial charge on any atom is 0.338 e. The Morgan fingerprint density at radius 2 is 1.51 bits per heavy atom. The summed E-state index contributed by atoms with van der Waals surface area (Å²) in [5, 5.41) is 2.61. The molecule has 9 heteroatoms. The number of hydrogen-bond donors (Lipinski definition) is 2. The van der Waals surface area contributed by atoms with E-state index in [4.69, 9.17) is 4.74 Å². The molecule has 0 spiro atoms. The molecule has 1 atom stereocenters. The van der Waals surface area contributed by atoms with Gasteiger partial charge in [0.05, 0.1) is 10.5 Å². The predicted molar refractivity (Wildman–Crippen MR) is 133 cm³/mol. The molecule has 0 bridgehead atoms. The zero-order valence-corrected chi connectivity index (χ0v) is 20.6. The average Bonchev–Trinajstić information content (AvgIpc) is 2.79. The third kappa shape index (κ3) is 6.54. The summed E-state index contributed by atoms with van der Waals surface area (Å²) < 4.78 is 33.7. The Morgan fingerprint density at radius 3 is 2.14 bits per heavy atom. The summed E-state index contributed by atoms with van der Waals surface area (Å²) in [5.41, 5.74) is 2.67. The number of hydrogen-bond acceptors (Lipinski definition) is 6. The highest BCUT2D eigenvalue weighted by Gasteiger charge is 2.23. The summed E-state index contributed by atoms with van der Waals surface area (Å²) in [6.45, 7) is 6.31. The first-order chi connectivity index (χ1) is 16.5. The highest BCUT2D eigenvalue weighted by atomic mass is 32.2. The van der Waals surface area contributed by atoms with E-state index < -0.39 is 28.0 Å². The van der Waals surface area contributed by atoms with Crippen LogP contribution < -0.4 is 10.0 Å². The molecular weight excluding hydrogens is 468 g/mol. The van der Waals surface area contributed by atoms with Crippen molar-refractivity contribution in [3.63, 3.8) is 0 Å². The van der Waals surface area contributed by atoms with E-state index in [0.717, 1.165) is 5.56 Å². The van der Waals surface area contributed by atoms with Gasteiger partial charge in [-0.05, 0) is 87.4 Å². The molecule has 3 aromatic carbocycles. The van der Waals surface area contributed by atoms with Crippen LogP contribution in [0.1, 0.15) is 45.7 Å². The topological polar surface area (TPSA) is 119 Å². The zero-order valence-electron chi connectivity index (χ0n) is 19.8. The molecule has 1 amide bonds. The van der Waals surface area contributed by atoms with Crippen molar-refractivity contribution < 1.29 is 27.5 Å². The van der Waals surface area contributed by atoms with Gasteiger partial charge in [0.2, 0.25) is 0 Å². The minimum atomic E-state index is -3.97. The maximum atomic E-state index is 13.0. The second kappa shape index (κ2) is 10.5. The molecule has 3 aromatic rings. The van der Waals surface area contributed by atoms with Gasteiger partial charge in [0, 0.05) is 16.9 Å². The molecule has 0 aliphatic heterocycles. The molecule has 8 nitrogen and oxygen atoms in total. The average molecular weight is 495 g/mol. The van der Waals surface area contributed by atoms with Gasteiger partial charge in [-0.15, -0.1) is 0 Å². The van der Waals surface area contributed by atoms with E-state index in [1.54, 1.807) is 49.4 Å². The molecule has 182 valence electrons. The fourth-order valence-corrected chi connectivity index (χ4v) is 4.57. The lowest BCUT2D eigenvalue weighted by Crippen LogP contribution is -2.30. The number of amides is 1. The number of ketones is 1. The number of rotatable bonds is 8. The van der Waals surface area contributed by atoms with E-state index in [1.165, 1.54) is 32.0 Å². The van der Waals surface area contributed by atoms with E-state index in [0.29, 0.717) is 22.5 Å². The highest BCUT2D eigenvalue weighted by molar-refractivity contribution is 7.92. The normalized spacial score (nSPS) is 11.9. The second-order valence-corrected chi connectivity index (χ2v) is 9.78. The van der Waals surface area contributed by atoms with Crippen molar-refractivity contribution in [1.29, 1.82) is 0 Å². The van der Waals surface area contributed by atoms with Gasteiger partial charge < -0.3 is 10.1 Å². The van der Waals surface area contributed by atoms with E-state index in [9.17, 15) is 22.8 Å². The number of anilines is 2. The summed E-state index contributed by atoms with van der Waals surface area (Å²) in [4.78, 5) is 36.4. The highest BCUT2D eigenvalue weighted by Crippen LogP contribution is 2.22. The summed E-state index contributed by atoms with van der Waals surface area (Å²) in [5.74, 6) is -1.51. The summed E-state index contributed by atoms with van der Waals surface area (Å²) >= 11 is 0. The largest absolute Gasteiger partial charge is 0.449 e. The lowest BCUT2D eigenvalue weighted by molar-refractivity contribution is -0.123. The first kappa shape index (κ1) is 25.6. The van der Waals surface area contributed by atoms with Crippen LogP contribution in [-0.2, 0) is 19.6 Å². The van der Waals surface area contributed by atoms with Crippen molar-refractivity contribution in [2.45, 2.75) is 38.7 Å². The Kier molecular flexibility index (Phi) is 7.71. The van der Waals surface area contributed by atoms with Gasteiger partial charge in [0.1, 0.15) is 0 Å². The van der Waals surface area contributed by atoms with Gasteiger partial charge in [-0.25, -0.2) is 13.2 Å². The Morgan fingerprint density at radius 1 is 0.857 bits per heavy atom. The molecule has 0 heterocycles. The lowest BCUT2D eigenvalue weighted by Gasteiger charge is -2.15.